The van der Waals surface area contributed by atoms with Crippen molar-refractivity contribution in [2.24, 2.45) is 15.9 Å². The Hall–Kier alpha value is -7.06. The van der Waals surface area contributed by atoms with Gasteiger partial charge in [0.2, 0.25) is 17.7 Å². The number of likely N-dealkylation sites (tertiary alicyclic amines) is 1. The van der Waals surface area contributed by atoms with Gasteiger partial charge in [-0.3, -0.25) is 24.0 Å². The number of aliphatic imine (C=N–C) groups is 2. The number of aryl methyl sites for hydroxylation is 2. The molecule has 20 heteroatoms. The number of rotatable bonds is 16. The molecule has 12 rings (SSSR count). The first-order valence-electron chi connectivity index (χ1n) is 35.2. The molecule has 18 nitrogen and oxygen atoms in total. The monoisotopic (exact) mass is 1340 g/mol. The van der Waals surface area contributed by atoms with E-state index in [0.29, 0.717) is 85.9 Å². The number of carbonyl (C=O) groups is 1. The molecular formula is C75H107Cl2N13O5. The molecule has 0 spiro atoms. The highest BCUT2D eigenvalue weighted by Gasteiger charge is 2.35. The average molecular weight is 1340 g/mol. The minimum atomic E-state index is -0.271. The van der Waals surface area contributed by atoms with Crippen LogP contribution in [0.5, 0.6) is 0 Å². The molecule has 2 unspecified atom stereocenters. The minimum absolute atomic E-state index is 0.000945. The molecule has 95 heavy (non-hydrogen) atoms. The number of hydroxylamine groups is 1. The van der Waals surface area contributed by atoms with Gasteiger partial charge >= 0.3 is 0 Å². The van der Waals surface area contributed by atoms with Gasteiger partial charge in [0.15, 0.2) is 12.1 Å². The number of nitrogens with one attached hydrogen (secondary N) is 4. The lowest BCUT2D eigenvalue weighted by Gasteiger charge is -2.31. The standard InChI is InChI=1S/C32H36ClN5O2.C30H35ClN8O3.C5H12.4C2H6/c1-5-9-29(35-25-13-14-25)36-31-23(7-3)17-27(32(39)38(31)19-22-11-8-10-21(6-2)16-22)26-15-12-24(18-28(26)33)30-34-20(4)40-37-30;1-18-34-27(37-42-18)19-2-3-24(26(31)15-19)25-14-20-16-33-30(35-21-7-12-41-13-8-21)36-28(20)39(29(25)40)23-6-11-38(17-23)22-4-9-32-10-5-22;1-4-5(2)3;4*1-2/h7-12,15-18,20,25,35H,5-6,13-14,19H2,1-4H3,(H,34,37);2-3,14-16,21-23,32H,4-13,17H2,1H3,(H,33,35,36);5H,4H2,1-3H3;4*1-2H3/b23-7-,29-9+,36-31+;;;;;;. The number of halogens is 2. The van der Waals surface area contributed by atoms with Crippen molar-refractivity contribution in [1.82, 2.24) is 50.6 Å². The zero-order chi connectivity index (χ0) is 69.1. The Labute approximate surface area is 575 Å². The van der Waals surface area contributed by atoms with Crippen molar-refractivity contribution in [2.75, 3.05) is 44.7 Å². The predicted molar refractivity (Wildman–Crippen MR) is 393 cm³/mol. The molecule has 3 saturated heterocycles. The number of carbonyl (C=O) groups excluding carboxylic acids is 1. The van der Waals surface area contributed by atoms with Crippen LogP contribution in [-0.2, 0) is 27.3 Å². The van der Waals surface area contributed by atoms with Crippen molar-refractivity contribution >= 4 is 63.3 Å². The van der Waals surface area contributed by atoms with E-state index in [1.165, 1.54) is 12.0 Å². The lowest BCUT2D eigenvalue weighted by molar-refractivity contribution is -0.122. The number of ether oxygens (including phenoxy) is 1. The first-order chi connectivity index (χ1) is 46.2. The summed E-state index contributed by atoms with van der Waals surface area (Å²) in [6.07, 6.45) is 17.8. The quantitative estimate of drug-likeness (QED) is 0.0713. The summed E-state index contributed by atoms with van der Waals surface area (Å²) in [5.41, 5.74) is 10.4. The number of amidine groups is 2. The summed E-state index contributed by atoms with van der Waals surface area (Å²) in [5, 5.41) is 16.2. The third-order valence-electron chi connectivity index (χ3n) is 16.6. The Kier molecular flexibility index (Phi) is 31.8. The Morgan fingerprint density at radius 3 is 2.08 bits per heavy atom. The van der Waals surface area contributed by atoms with Crippen LogP contribution >= 0.6 is 23.2 Å². The van der Waals surface area contributed by atoms with Crippen LogP contribution in [0, 0.1) is 12.8 Å². The highest BCUT2D eigenvalue weighted by molar-refractivity contribution is 6.38. The maximum atomic E-state index is 14.4. The lowest BCUT2D eigenvalue weighted by atomic mass is 9.95. The number of anilines is 1. The topological polar surface area (TPSA) is 202 Å². The molecule has 1 amide bonds. The predicted octanol–water partition coefficient (Wildman–Crippen LogP) is 16.5. The van der Waals surface area contributed by atoms with Gasteiger partial charge in [0, 0.05) is 112 Å². The maximum Gasteiger partial charge on any atom is 0.260 e. The fraction of sp³-hybridized carbons (Fsp3) is 0.520. The lowest BCUT2D eigenvalue weighted by Crippen LogP contribution is -2.42. The second kappa shape index (κ2) is 39.2. The highest BCUT2D eigenvalue weighted by Crippen LogP contribution is 2.36. The van der Waals surface area contributed by atoms with E-state index in [-0.39, 0.29) is 29.8 Å². The average Bonchev–Trinajstić information content (AvgIpc) is 1.52. The Balaban J connectivity index is 0.000000256. The number of fused-ring (bicyclic) bond motifs is 1. The van der Waals surface area contributed by atoms with Crippen molar-refractivity contribution < 1.29 is 18.9 Å². The number of amides is 1. The summed E-state index contributed by atoms with van der Waals surface area (Å²) in [6.45, 7) is 38.1. The molecule has 6 aliphatic rings. The van der Waals surface area contributed by atoms with E-state index in [1.54, 1.807) is 17.9 Å². The van der Waals surface area contributed by atoms with Crippen LogP contribution in [0.2, 0.25) is 10.0 Å². The Morgan fingerprint density at radius 2 is 1.47 bits per heavy atom. The number of pyridine rings is 1. The van der Waals surface area contributed by atoms with Crippen molar-refractivity contribution in [1.29, 1.82) is 0 Å². The Bertz CT molecular complexity index is 3630. The van der Waals surface area contributed by atoms with Crippen molar-refractivity contribution in [3.8, 4) is 22.5 Å². The van der Waals surface area contributed by atoms with E-state index in [2.05, 4.69) is 105 Å². The van der Waals surface area contributed by atoms with Crippen LogP contribution in [0.4, 0.5) is 5.95 Å². The van der Waals surface area contributed by atoms with Crippen LogP contribution in [0.3, 0.4) is 0 Å². The van der Waals surface area contributed by atoms with Gasteiger partial charge in [-0.15, -0.1) is 0 Å². The first-order valence-corrected chi connectivity index (χ1v) is 35.9. The van der Waals surface area contributed by atoms with Crippen molar-refractivity contribution in [2.45, 2.75) is 212 Å². The highest BCUT2D eigenvalue weighted by atomic mass is 35.5. The van der Waals surface area contributed by atoms with Gasteiger partial charge < -0.3 is 25.2 Å². The number of nitrogens with zero attached hydrogens (tertiary/aromatic N) is 9. The number of piperidine rings is 1. The van der Waals surface area contributed by atoms with E-state index in [0.717, 1.165) is 137 Å². The van der Waals surface area contributed by atoms with Crippen LogP contribution in [0.25, 0.3) is 39.1 Å². The summed E-state index contributed by atoms with van der Waals surface area (Å²) >= 11 is 13.6. The smallest absolute Gasteiger partial charge is 0.260 e. The summed E-state index contributed by atoms with van der Waals surface area (Å²) < 4.78 is 12.5. The zero-order valence-corrected chi connectivity index (χ0v) is 61.0. The molecule has 0 bridgehead atoms. The van der Waals surface area contributed by atoms with E-state index in [9.17, 15) is 9.59 Å². The van der Waals surface area contributed by atoms with E-state index in [4.69, 9.17) is 47.3 Å². The molecule has 4 fully saturated rings. The van der Waals surface area contributed by atoms with E-state index >= 15 is 0 Å². The van der Waals surface area contributed by atoms with Gasteiger partial charge in [-0.2, -0.15) is 9.97 Å². The van der Waals surface area contributed by atoms with E-state index < -0.39 is 0 Å². The first kappa shape index (κ1) is 77.0. The largest absolute Gasteiger partial charge is 0.381 e. The molecule has 4 N–H and O–H groups in total. The molecule has 6 aromatic rings. The third kappa shape index (κ3) is 21.0. The fourth-order valence-corrected chi connectivity index (χ4v) is 11.8. The third-order valence-corrected chi connectivity index (χ3v) is 17.3. The minimum Gasteiger partial charge on any atom is -0.381 e. The second-order valence-corrected chi connectivity index (χ2v) is 24.3. The van der Waals surface area contributed by atoms with Crippen LogP contribution in [0.15, 0.2) is 122 Å². The SMILES string of the molecule is C/C=C1/C=C(c2ccc(C3=NC(C)ON3)cc2Cl)C(=O)N(Cc2cccc(CC)c2)/C1=N/C(=C/CC)NC1CC1.CC.CC.CC.CC.CCC(C)C.Cc1nc(-c2ccc(-c3cc4cnc(NC5CCOCC5)nc4n(C4CCN(C5CCNCC5)C4)c3=O)c(Cl)c2)no1. The molecule has 2 atom stereocenters. The molecule has 516 valence electrons. The number of aromatic nitrogens is 5. The summed E-state index contributed by atoms with van der Waals surface area (Å²) in [5.74, 6) is 4.27. The van der Waals surface area contributed by atoms with Crippen LogP contribution < -0.4 is 27.0 Å². The Morgan fingerprint density at radius 1 is 0.800 bits per heavy atom. The molecule has 3 aromatic carbocycles. The fourth-order valence-electron chi connectivity index (χ4n) is 11.3. The number of benzene rings is 3. The van der Waals surface area contributed by atoms with Gasteiger partial charge in [0.05, 0.1) is 12.6 Å². The second-order valence-electron chi connectivity index (χ2n) is 23.5. The van der Waals surface area contributed by atoms with Crippen molar-refractivity contribution in [3.05, 3.63) is 151 Å². The van der Waals surface area contributed by atoms with Gasteiger partial charge in [-0.25, -0.2) is 25.3 Å². The van der Waals surface area contributed by atoms with Crippen LogP contribution in [0.1, 0.15) is 196 Å². The molecular weight excluding hydrogens is 1230 g/mol. The molecule has 8 heterocycles. The van der Waals surface area contributed by atoms with Crippen molar-refractivity contribution in [3.63, 3.8) is 0 Å². The van der Waals surface area contributed by atoms with Gasteiger partial charge in [0.25, 0.3) is 11.5 Å². The normalized spacial score (nSPS) is 19.0. The van der Waals surface area contributed by atoms with Gasteiger partial charge in [-0.05, 0) is 132 Å². The van der Waals surface area contributed by atoms with Gasteiger partial charge in [-0.1, -0.05) is 179 Å². The number of hydrogen-bond donors (Lipinski definition) is 4. The molecule has 3 aromatic heterocycles. The molecule has 0 radical (unpaired) electrons. The van der Waals surface area contributed by atoms with Crippen LogP contribution in [-0.4, -0.2) is 116 Å². The number of allylic oxidation sites excluding steroid dienone is 2. The summed E-state index contributed by atoms with van der Waals surface area (Å²) in [4.78, 5) is 61.7. The molecule has 1 saturated carbocycles. The summed E-state index contributed by atoms with van der Waals surface area (Å²) in [7, 11) is 0. The maximum absolute atomic E-state index is 14.4. The number of hydrogen-bond acceptors (Lipinski definition) is 16. The molecule has 1 aliphatic carbocycles. The summed E-state index contributed by atoms with van der Waals surface area (Å²) in [6, 6.07) is 22.6. The molecule has 5 aliphatic heterocycles. The zero-order valence-electron chi connectivity index (χ0n) is 59.5. The van der Waals surface area contributed by atoms with Gasteiger partial charge in [0.1, 0.15) is 17.3 Å². The van der Waals surface area contributed by atoms with E-state index in [1.807, 2.05) is 135 Å².